The largest absolute Gasteiger partial charge is 0.322 e. The van der Waals surface area contributed by atoms with Gasteiger partial charge in [0.2, 0.25) is 5.82 Å². The van der Waals surface area contributed by atoms with Crippen LogP contribution in [0.5, 0.6) is 0 Å². The van der Waals surface area contributed by atoms with Gasteiger partial charge in [-0.1, -0.05) is 11.6 Å². The number of nitro benzene ring substituents is 1. The second kappa shape index (κ2) is 5.84. The molecular formula is C13H7ClF2N2O3. The number of benzene rings is 2. The summed E-state index contributed by atoms with van der Waals surface area (Å²) in [7, 11) is 0. The van der Waals surface area contributed by atoms with Crippen molar-refractivity contribution in [1.82, 2.24) is 0 Å². The van der Waals surface area contributed by atoms with E-state index in [2.05, 4.69) is 5.32 Å². The molecule has 0 aliphatic rings. The third-order valence-corrected chi connectivity index (χ3v) is 2.75. The van der Waals surface area contributed by atoms with E-state index in [1.807, 2.05) is 0 Å². The molecule has 0 atom stereocenters. The summed E-state index contributed by atoms with van der Waals surface area (Å²) in [4.78, 5) is 21.4. The second-order valence-electron chi connectivity index (χ2n) is 4.04. The van der Waals surface area contributed by atoms with Crippen LogP contribution in [0.1, 0.15) is 10.4 Å². The van der Waals surface area contributed by atoms with Crippen molar-refractivity contribution in [2.45, 2.75) is 0 Å². The average Bonchev–Trinajstić information content (AvgIpc) is 2.36. The standard InChI is InChI=1S/C13H7ClF2N2O3/c14-8-4-9(15)6-10(5-8)17-13(19)7-1-2-12(18(20)21)11(16)3-7/h1-6H,(H,17,19). The first kappa shape index (κ1) is 14.9. The normalized spacial score (nSPS) is 10.2. The number of nitro groups is 1. The molecule has 0 aliphatic carbocycles. The Labute approximate surface area is 122 Å². The predicted octanol–water partition coefficient (Wildman–Crippen LogP) is 3.78. The monoisotopic (exact) mass is 312 g/mol. The molecule has 1 amide bonds. The van der Waals surface area contributed by atoms with Gasteiger partial charge in [0.25, 0.3) is 5.91 Å². The van der Waals surface area contributed by atoms with Crippen LogP contribution in [-0.2, 0) is 0 Å². The number of carbonyl (C=O) groups excluding carboxylic acids is 1. The van der Waals surface area contributed by atoms with Crippen LogP contribution in [0.15, 0.2) is 36.4 Å². The molecular weight excluding hydrogens is 306 g/mol. The lowest BCUT2D eigenvalue weighted by Crippen LogP contribution is -2.12. The van der Waals surface area contributed by atoms with Gasteiger partial charge in [0.1, 0.15) is 5.82 Å². The summed E-state index contributed by atoms with van der Waals surface area (Å²) in [5.41, 5.74) is -0.789. The van der Waals surface area contributed by atoms with E-state index >= 15 is 0 Å². The minimum atomic E-state index is -1.13. The molecule has 8 heteroatoms. The van der Waals surface area contributed by atoms with Crippen LogP contribution in [-0.4, -0.2) is 10.8 Å². The molecule has 0 aromatic heterocycles. The summed E-state index contributed by atoms with van der Waals surface area (Å²) in [6, 6.07) is 6.10. The van der Waals surface area contributed by atoms with Gasteiger partial charge in [0.05, 0.1) is 4.92 Å². The number of amides is 1. The van der Waals surface area contributed by atoms with Crippen molar-refractivity contribution in [3.8, 4) is 0 Å². The summed E-state index contributed by atoms with van der Waals surface area (Å²) in [5.74, 6) is -2.52. The van der Waals surface area contributed by atoms with E-state index in [0.29, 0.717) is 0 Å². The zero-order valence-corrected chi connectivity index (χ0v) is 11.0. The van der Waals surface area contributed by atoms with Crippen molar-refractivity contribution < 1.29 is 18.5 Å². The zero-order chi connectivity index (χ0) is 15.6. The molecule has 2 rings (SSSR count). The summed E-state index contributed by atoms with van der Waals surface area (Å²) in [5, 5.41) is 12.9. The van der Waals surface area contributed by atoms with Crippen molar-refractivity contribution >= 4 is 28.9 Å². The summed E-state index contributed by atoms with van der Waals surface area (Å²) >= 11 is 5.63. The van der Waals surface area contributed by atoms with Gasteiger partial charge < -0.3 is 5.32 Å². The average molecular weight is 313 g/mol. The first-order chi connectivity index (χ1) is 9.86. The summed E-state index contributed by atoms with van der Waals surface area (Å²) < 4.78 is 26.5. The molecule has 2 aromatic rings. The Balaban J connectivity index is 2.24. The molecule has 0 aliphatic heterocycles. The van der Waals surface area contributed by atoms with Gasteiger partial charge in [0, 0.05) is 22.3 Å². The van der Waals surface area contributed by atoms with Gasteiger partial charge in [-0.05, 0) is 30.3 Å². The van der Waals surface area contributed by atoms with E-state index in [9.17, 15) is 23.7 Å². The molecule has 0 heterocycles. The van der Waals surface area contributed by atoms with Gasteiger partial charge in [-0.25, -0.2) is 4.39 Å². The molecule has 0 saturated carbocycles. The van der Waals surface area contributed by atoms with Crippen LogP contribution in [0.25, 0.3) is 0 Å². The minimum Gasteiger partial charge on any atom is -0.322 e. The molecule has 5 nitrogen and oxygen atoms in total. The maximum absolute atomic E-state index is 13.4. The molecule has 0 bridgehead atoms. The number of hydrogen-bond acceptors (Lipinski definition) is 3. The molecule has 0 fully saturated rings. The number of nitrogens with zero attached hydrogens (tertiary/aromatic N) is 1. The highest BCUT2D eigenvalue weighted by atomic mass is 35.5. The van der Waals surface area contributed by atoms with Crippen molar-refractivity contribution in [3.63, 3.8) is 0 Å². The van der Waals surface area contributed by atoms with E-state index in [4.69, 9.17) is 11.6 Å². The lowest BCUT2D eigenvalue weighted by atomic mass is 10.2. The van der Waals surface area contributed by atoms with Crippen LogP contribution in [0.2, 0.25) is 5.02 Å². The SMILES string of the molecule is O=C(Nc1cc(F)cc(Cl)c1)c1ccc([N+](=O)[O-])c(F)c1. The van der Waals surface area contributed by atoms with Crippen molar-refractivity contribution in [2.24, 2.45) is 0 Å². The fraction of sp³-hybridized carbons (Fsp3) is 0. The molecule has 1 N–H and O–H groups in total. The molecule has 2 aromatic carbocycles. The molecule has 0 radical (unpaired) electrons. The Kier molecular flexibility index (Phi) is 4.13. The highest BCUT2D eigenvalue weighted by Crippen LogP contribution is 2.21. The first-order valence-corrected chi connectivity index (χ1v) is 5.96. The number of hydrogen-bond donors (Lipinski definition) is 1. The van der Waals surface area contributed by atoms with Gasteiger partial charge >= 0.3 is 5.69 Å². The van der Waals surface area contributed by atoms with Crippen LogP contribution < -0.4 is 5.32 Å². The number of anilines is 1. The summed E-state index contributed by atoms with van der Waals surface area (Å²) in [6.07, 6.45) is 0. The second-order valence-corrected chi connectivity index (χ2v) is 4.47. The highest BCUT2D eigenvalue weighted by Gasteiger charge is 2.17. The van der Waals surface area contributed by atoms with Crippen LogP contribution >= 0.6 is 11.6 Å². The Hall–Kier alpha value is -2.54. The quantitative estimate of drug-likeness (QED) is 0.692. The number of nitrogens with one attached hydrogen (secondary N) is 1. The molecule has 21 heavy (non-hydrogen) atoms. The highest BCUT2D eigenvalue weighted by molar-refractivity contribution is 6.31. The summed E-state index contributed by atoms with van der Waals surface area (Å²) in [6.45, 7) is 0. The molecule has 0 spiro atoms. The van der Waals surface area contributed by atoms with Gasteiger partial charge in [-0.2, -0.15) is 4.39 Å². The van der Waals surface area contributed by atoms with Gasteiger partial charge in [0.15, 0.2) is 0 Å². The topological polar surface area (TPSA) is 72.2 Å². The Bertz CT molecular complexity index is 717. The van der Waals surface area contributed by atoms with E-state index < -0.39 is 28.2 Å². The molecule has 0 saturated heterocycles. The van der Waals surface area contributed by atoms with Crippen molar-refractivity contribution in [3.05, 3.63) is 68.7 Å². The van der Waals surface area contributed by atoms with E-state index in [1.54, 1.807) is 0 Å². The van der Waals surface area contributed by atoms with Crippen LogP contribution in [0.4, 0.5) is 20.2 Å². The molecule has 0 unspecified atom stereocenters. The number of halogens is 3. The van der Waals surface area contributed by atoms with E-state index in [1.165, 1.54) is 6.07 Å². The van der Waals surface area contributed by atoms with Gasteiger partial charge in [-0.3, -0.25) is 14.9 Å². The lowest BCUT2D eigenvalue weighted by Gasteiger charge is -2.06. The minimum absolute atomic E-state index is 0.0835. The van der Waals surface area contributed by atoms with E-state index in [0.717, 1.165) is 30.3 Å². The predicted molar refractivity (Wildman–Crippen MR) is 72.4 cm³/mol. The van der Waals surface area contributed by atoms with Crippen LogP contribution in [0, 0.1) is 21.7 Å². The van der Waals surface area contributed by atoms with Gasteiger partial charge in [-0.15, -0.1) is 0 Å². The van der Waals surface area contributed by atoms with Crippen molar-refractivity contribution in [1.29, 1.82) is 0 Å². The van der Waals surface area contributed by atoms with Crippen LogP contribution in [0.3, 0.4) is 0 Å². The number of rotatable bonds is 3. The third kappa shape index (κ3) is 3.51. The maximum Gasteiger partial charge on any atom is 0.304 e. The first-order valence-electron chi connectivity index (χ1n) is 5.58. The van der Waals surface area contributed by atoms with Crippen molar-refractivity contribution in [2.75, 3.05) is 5.32 Å². The van der Waals surface area contributed by atoms with E-state index in [-0.39, 0.29) is 16.3 Å². The lowest BCUT2D eigenvalue weighted by molar-refractivity contribution is -0.387. The fourth-order valence-electron chi connectivity index (χ4n) is 1.63. The Morgan fingerprint density at radius 2 is 1.90 bits per heavy atom. The number of carbonyl (C=O) groups is 1. The molecule has 108 valence electrons. The smallest absolute Gasteiger partial charge is 0.304 e. The Morgan fingerprint density at radius 1 is 1.19 bits per heavy atom. The third-order valence-electron chi connectivity index (χ3n) is 2.53. The Morgan fingerprint density at radius 3 is 2.48 bits per heavy atom. The maximum atomic E-state index is 13.4. The zero-order valence-electron chi connectivity index (χ0n) is 10.3. The fourth-order valence-corrected chi connectivity index (χ4v) is 1.85.